The molecule has 1 aliphatic heterocycles. The Labute approximate surface area is 156 Å². The molecular formula is C18H30N4O3S. The molecule has 1 aromatic rings. The largest absolute Gasteiger partial charge is 0.380 e. The average Bonchev–Trinajstić information content (AvgIpc) is 2.68. The van der Waals surface area contributed by atoms with Crippen LogP contribution in [-0.2, 0) is 21.3 Å². The van der Waals surface area contributed by atoms with Gasteiger partial charge >= 0.3 is 0 Å². The number of nitrogens with one attached hydrogen (secondary N) is 2. The monoisotopic (exact) mass is 382 g/mol. The summed E-state index contributed by atoms with van der Waals surface area (Å²) in [6, 6.07) is 7.16. The maximum absolute atomic E-state index is 13.0. The van der Waals surface area contributed by atoms with Gasteiger partial charge in [0.2, 0.25) is 10.0 Å². The van der Waals surface area contributed by atoms with Gasteiger partial charge in [0.1, 0.15) is 0 Å². The van der Waals surface area contributed by atoms with E-state index in [1.54, 1.807) is 23.5 Å². The van der Waals surface area contributed by atoms with E-state index in [9.17, 15) is 8.42 Å². The van der Waals surface area contributed by atoms with Gasteiger partial charge in [0.25, 0.3) is 0 Å². The van der Waals surface area contributed by atoms with Gasteiger partial charge in [-0.3, -0.25) is 4.99 Å². The minimum absolute atomic E-state index is 0.374. The minimum Gasteiger partial charge on any atom is -0.380 e. The number of guanidine groups is 1. The van der Waals surface area contributed by atoms with E-state index in [0.29, 0.717) is 50.2 Å². The molecule has 0 unspecified atom stereocenters. The molecule has 1 fully saturated rings. The Morgan fingerprint density at radius 2 is 1.92 bits per heavy atom. The first-order chi connectivity index (χ1) is 12.6. The summed E-state index contributed by atoms with van der Waals surface area (Å²) in [5.74, 6) is 0.620. The van der Waals surface area contributed by atoms with Crippen molar-refractivity contribution in [2.24, 2.45) is 4.99 Å². The molecule has 0 spiro atoms. The van der Waals surface area contributed by atoms with Gasteiger partial charge in [-0.25, -0.2) is 8.42 Å². The van der Waals surface area contributed by atoms with Gasteiger partial charge in [-0.15, -0.1) is 0 Å². The quantitative estimate of drug-likeness (QED) is 0.405. The lowest BCUT2D eigenvalue weighted by Gasteiger charge is -2.27. The highest BCUT2D eigenvalue weighted by Gasteiger charge is 2.27. The summed E-state index contributed by atoms with van der Waals surface area (Å²) in [6.45, 7) is 5.45. The highest BCUT2D eigenvalue weighted by atomic mass is 32.2. The van der Waals surface area contributed by atoms with Gasteiger partial charge in [0.15, 0.2) is 5.96 Å². The smallest absolute Gasteiger partial charge is 0.243 e. The van der Waals surface area contributed by atoms with Crippen LogP contribution in [0.3, 0.4) is 0 Å². The first-order valence-electron chi connectivity index (χ1n) is 9.20. The average molecular weight is 383 g/mol. The van der Waals surface area contributed by atoms with Gasteiger partial charge < -0.3 is 15.4 Å². The number of benzene rings is 1. The van der Waals surface area contributed by atoms with E-state index < -0.39 is 10.0 Å². The lowest BCUT2D eigenvalue weighted by molar-refractivity contribution is 0.152. The molecule has 0 bridgehead atoms. The number of sulfonamides is 1. The van der Waals surface area contributed by atoms with Crippen LogP contribution in [0.2, 0.25) is 0 Å². The summed E-state index contributed by atoms with van der Waals surface area (Å²) in [6.07, 6.45) is 2.95. The van der Waals surface area contributed by atoms with Crippen molar-refractivity contribution in [3.8, 4) is 0 Å². The van der Waals surface area contributed by atoms with Crippen LogP contribution in [-0.4, -0.2) is 58.6 Å². The third-order valence-electron chi connectivity index (χ3n) is 4.32. The topological polar surface area (TPSA) is 83.0 Å². The second-order valence-electron chi connectivity index (χ2n) is 6.12. The van der Waals surface area contributed by atoms with Crippen molar-refractivity contribution in [2.45, 2.75) is 37.6 Å². The lowest BCUT2D eigenvalue weighted by Crippen LogP contribution is -2.39. The lowest BCUT2D eigenvalue weighted by atomic mass is 10.2. The number of rotatable bonds is 8. The number of hydrogen-bond acceptors (Lipinski definition) is 4. The van der Waals surface area contributed by atoms with Crippen LogP contribution in [0.25, 0.3) is 0 Å². The molecule has 0 amide bonds. The van der Waals surface area contributed by atoms with Crippen LogP contribution < -0.4 is 10.6 Å². The molecule has 0 radical (unpaired) electrons. The number of nitrogens with zero attached hydrogens (tertiary/aromatic N) is 2. The third kappa shape index (κ3) is 5.69. The van der Waals surface area contributed by atoms with Crippen molar-refractivity contribution in [2.75, 3.05) is 39.9 Å². The summed E-state index contributed by atoms with van der Waals surface area (Å²) < 4.78 is 32.9. The van der Waals surface area contributed by atoms with E-state index in [-0.39, 0.29) is 0 Å². The van der Waals surface area contributed by atoms with E-state index in [1.165, 1.54) is 0 Å². The van der Waals surface area contributed by atoms with Crippen LogP contribution in [0.1, 0.15) is 31.7 Å². The van der Waals surface area contributed by atoms with E-state index in [1.807, 2.05) is 19.1 Å². The third-order valence-corrected chi connectivity index (χ3v) is 6.32. The fraction of sp³-hybridized carbons (Fsp3) is 0.611. The van der Waals surface area contributed by atoms with Crippen LogP contribution in [0.5, 0.6) is 0 Å². The Bertz CT molecular complexity index is 685. The molecule has 1 heterocycles. The van der Waals surface area contributed by atoms with Crippen molar-refractivity contribution in [1.82, 2.24) is 14.9 Å². The van der Waals surface area contributed by atoms with Crippen molar-refractivity contribution < 1.29 is 13.2 Å². The highest BCUT2D eigenvalue weighted by Crippen LogP contribution is 2.23. The molecule has 0 aliphatic carbocycles. The molecule has 1 aromatic carbocycles. The molecule has 1 aliphatic rings. The molecule has 8 heteroatoms. The Kier molecular flexibility index (Phi) is 8.34. The first-order valence-corrected chi connectivity index (χ1v) is 10.6. The van der Waals surface area contributed by atoms with Gasteiger partial charge in [0.05, 0.1) is 11.5 Å². The minimum atomic E-state index is -3.46. The number of ether oxygens (including phenoxy) is 1. The molecule has 0 aromatic heterocycles. The summed E-state index contributed by atoms with van der Waals surface area (Å²) >= 11 is 0. The maximum atomic E-state index is 13.0. The summed E-state index contributed by atoms with van der Waals surface area (Å²) in [5.41, 5.74) is 0.742. The van der Waals surface area contributed by atoms with Gasteiger partial charge in [0, 0.05) is 39.8 Å². The molecule has 2 rings (SSSR count). The molecule has 26 heavy (non-hydrogen) atoms. The van der Waals surface area contributed by atoms with E-state index in [4.69, 9.17) is 4.74 Å². The Morgan fingerprint density at radius 1 is 1.19 bits per heavy atom. The zero-order chi connectivity index (χ0) is 18.8. The second-order valence-corrected chi connectivity index (χ2v) is 8.03. The predicted octanol–water partition coefficient (Wildman–Crippen LogP) is 1.56. The van der Waals surface area contributed by atoms with Crippen molar-refractivity contribution in [3.63, 3.8) is 0 Å². The fourth-order valence-electron chi connectivity index (χ4n) is 2.93. The molecular weight excluding hydrogens is 352 g/mol. The second kappa shape index (κ2) is 10.5. The zero-order valence-corrected chi connectivity index (χ0v) is 16.5. The number of aliphatic imine (C=N–C) groups is 1. The summed E-state index contributed by atoms with van der Waals surface area (Å²) in [5, 5.41) is 6.33. The maximum Gasteiger partial charge on any atom is 0.243 e. The van der Waals surface area contributed by atoms with Crippen molar-refractivity contribution in [1.29, 1.82) is 0 Å². The van der Waals surface area contributed by atoms with Crippen LogP contribution in [0.4, 0.5) is 0 Å². The zero-order valence-electron chi connectivity index (χ0n) is 15.7. The summed E-state index contributed by atoms with van der Waals surface area (Å²) in [7, 11) is -1.77. The van der Waals surface area contributed by atoms with Crippen LogP contribution in [0, 0.1) is 0 Å². The van der Waals surface area contributed by atoms with Crippen molar-refractivity contribution >= 4 is 16.0 Å². The van der Waals surface area contributed by atoms with E-state index in [0.717, 1.165) is 24.8 Å². The molecule has 7 nitrogen and oxygen atoms in total. The number of piperidine rings is 1. The molecule has 146 valence electrons. The van der Waals surface area contributed by atoms with Gasteiger partial charge in [-0.05, 0) is 31.4 Å². The standard InChI is InChI=1S/C18H30N4O3S/c1-3-25-14-11-20-18(19-2)21-15-16-9-5-6-10-17(16)26(23,24)22-12-7-4-8-13-22/h5-6,9-10H,3-4,7-8,11-15H2,1-2H3,(H2,19,20,21). The Hall–Kier alpha value is -1.64. The van der Waals surface area contributed by atoms with Gasteiger partial charge in [-0.1, -0.05) is 24.6 Å². The molecule has 2 N–H and O–H groups in total. The van der Waals surface area contributed by atoms with E-state index >= 15 is 0 Å². The normalized spacial score (nSPS) is 16.5. The number of hydrogen-bond donors (Lipinski definition) is 2. The van der Waals surface area contributed by atoms with E-state index in [2.05, 4.69) is 15.6 Å². The summed E-state index contributed by atoms with van der Waals surface area (Å²) in [4.78, 5) is 4.54. The highest BCUT2D eigenvalue weighted by molar-refractivity contribution is 7.89. The first kappa shape index (κ1) is 20.7. The molecule has 1 saturated heterocycles. The fourth-order valence-corrected chi connectivity index (χ4v) is 4.67. The molecule has 0 atom stereocenters. The predicted molar refractivity (Wildman–Crippen MR) is 104 cm³/mol. The van der Waals surface area contributed by atoms with Crippen LogP contribution >= 0.6 is 0 Å². The van der Waals surface area contributed by atoms with Gasteiger partial charge in [-0.2, -0.15) is 4.31 Å². The Morgan fingerprint density at radius 3 is 2.62 bits per heavy atom. The van der Waals surface area contributed by atoms with Crippen LogP contribution in [0.15, 0.2) is 34.2 Å². The van der Waals surface area contributed by atoms with Crippen molar-refractivity contribution in [3.05, 3.63) is 29.8 Å². The molecule has 0 saturated carbocycles. The SMILES string of the molecule is CCOCCNC(=NC)NCc1ccccc1S(=O)(=O)N1CCCCC1. The Balaban J connectivity index is 2.04.